The van der Waals surface area contributed by atoms with Gasteiger partial charge in [-0.15, -0.1) is 0 Å². The van der Waals surface area contributed by atoms with E-state index in [2.05, 4.69) is 27.7 Å². The molecule has 0 nitrogen and oxygen atoms in total. The fourth-order valence-electron chi connectivity index (χ4n) is 5.95. The Kier molecular flexibility index (Phi) is 45.8. The Morgan fingerprint density at radius 2 is 0.200 bits per heavy atom. The second kappa shape index (κ2) is 43.5. The summed E-state index contributed by atoms with van der Waals surface area (Å²) in [4.78, 5) is 0. The van der Waals surface area contributed by atoms with Crippen molar-refractivity contribution in [2.24, 2.45) is 0 Å². The van der Waals surface area contributed by atoms with E-state index < -0.39 is 0 Å². The van der Waals surface area contributed by atoms with Crippen LogP contribution in [0.1, 0.15) is 259 Å². The Bertz CT molecular complexity index is 338. The molecule has 0 aromatic heterocycles. The van der Waals surface area contributed by atoms with Gasteiger partial charge in [0.1, 0.15) is 0 Å². The maximum Gasteiger partial charge on any atom is -0.0533 e. The van der Waals surface area contributed by atoms with E-state index in [-0.39, 0.29) is 0 Å². The maximum atomic E-state index is 2.30. The van der Waals surface area contributed by atoms with E-state index in [4.69, 9.17) is 0 Å². The molecule has 0 heteroatoms. The van der Waals surface area contributed by atoms with Crippen LogP contribution in [0, 0.1) is 0 Å². The highest BCUT2D eigenvalue weighted by Gasteiger charge is 1.96. The summed E-state index contributed by atoms with van der Waals surface area (Å²) in [6.07, 6.45) is 52.8. The Balaban J connectivity index is 0. The third-order valence-electron chi connectivity index (χ3n) is 8.91. The van der Waals surface area contributed by atoms with Gasteiger partial charge in [-0.05, 0) is 0 Å². The van der Waals surface area contributed by atoms with E-state index >= 15 is 0 Å². The van der Waals surface area contributed by atoms with Gasteiger partial charge in [-0.1, -0.05) is 259 Å². The summed E-state index contributed by atoms with van der Waals surface area (Å²) in [6.45, 7) is 9.18. The van der Waals surface area contributed by atoms with Crippen molar-refractivity contribution in [2.45, 2.75) is 259 Å². The van der Waals surface area contributed by atoms with Gasteiger partial charge in [-0.25, -0.2) is 0 Å². The lowest BCUT2D eigenvalue weighted by atomic mass is 10.0. The first-order chi connectivity index (χ1) is 19.8. The van der Waals surface area contributed by atoms with E-state index in [1.165, 1.54) is 231 Å². The van der Waals surface area contributed by atoms with Crippen LogP contribution in [0.25, 0.3) is 0 Å². The first-order valence-corrected chi connectivity index (χ1v) is 19.8. The van der Waals surface area contributed by atoms with E-state index in [9.17, 15) is 0 Å². The number of hydrogen-bond acceptors (Lipinski definition) is 0. The van der Waals surface area contributed by atoms with Gasteiger partial charge >= 0.3 is 0 Å². The van der Waals surface area contributed by atoms with Crippen LogP contribution in [-0.2, 0) is 0 Å². The standard InChI is InChI=1S/C23H48.C17H36/c1-3-5-7-9-11-13-15-17-19-21-23-22-20-18-16-14-12-10-8-6-4-2;1-3-5-7-9-11-13-15-17-16-14-12-10-8-6-4-2/h3-23H2,1-2H3;3-17H2,1-2H3. The van der Waals surface area contributed by atoms with Crippen molar-refractivity contribution in [3.8, 4) is 0 Å². The van der Waals surface area contributed by atoms with Crippen molar-refractivity contribution >= 4 is 0 Å². The summed E-state index contributed by atoms with van der Waals surface area (Å²) in [7, 11) is 0. The molecule has 0 amide bonds. The summed E-state index contributed by atoms with van der Waals surface area (Å²) in [5.41, 5.74) is 0. The first kappa shape index (κ1) is 42.1. The molecule has 0 saturated carbocycles. The molecule has 0 aliphatic heterocycles. The van der Waals surface area contributed by atoms with Crippen LogP contribution >= 0.6 is 0 Å². The van der Waals surface area contributed by atoms with Gasteiger partial charge in [0.15, 0.2) is 0 Å². The number of unbranched alkanes of at least 4 members (excludes halogenated alkanes) is 34. The largest absolute Gasteiger partial charge is 0.0654 e. The third-order valence-corrected chi connectivity index (χ3v) is 8.91. The maximum absolute atomic E-state index is 2.30. The molecular formula is C40H84. The molecule has 0 aromatic rings. The van der Waals surface area contributed by atoms with E-state index in [1.807, 2.05) is 0 Å². The van der Waals surface area contributed by atoms with E-state index in [1.54, 1.807) is 0 Å². The van der Waals surface area contributed by atoms with Crippen LogP contribution in [0.3, 0.4) is 0 Å². The Labute approximate surface area is 258 Å². The molecule has 0 unspecified atom stereocenters. The molecule has 0 heterocycles. The molecule has 0 aromatic carbocycles. The average Bonchev–Trinajstić information content (AvgIpc) is 2.97. The predicted octanol–water partition coefficient (Wildman–Crippen LogP) is 16.1. The van der Waals surface area contributed by atoms with Crippen LogP contribution in [0.5, 0.6) is 0 Å². The zero-order chi connectivity index (χ0) is 29.5. The smallest absolute Gasteiger partial charge is 0.0533 e. The molecule has 0 radical (unpaired) electrons. The lowest BCUT2D eigenvalue weighted by Gasteiger charge is -2.04. The normalized spacial score (nSPS) is 11.1. The van der Waals surface area contributed by atoms with Crippen molar-refractivity contribution in [2.75, 3.05) is 0 Å². The van der Waals surface area contributed by atoms with Crippen LogP contribution in [0.15, 0.2) is 0 Å². The minimum Gasteiger partial charge on any atom is -0.0654 e. The van der Waals surface area contributed by atoms with Gasteiger partial charge in [0.2, 0.25) is 0 Å². The quantitative estimate of drug-likeness (QED) is 0.0682. The van der Waals surface area contributed by atoms with Crippen molar-refractivity contribution in [1.82, 2.24) is 0 Å². The molecule has 0 spiro atoms. The molecule has 0 bridgehead atoms. The molecule has 40 heavy (non-hydrogen) atoms. The van der Waals surface area contributed by atoms with Crippen LogP contribution in [0.4, 0.5) is 0 Å². The minimum absolute atomic E-state index is 1.37. The Morgan fingerprint density at radius 3 is 0.275 bits per heavy atom. The minimum atomic E-state index is 1.37. The van der Waals surface area contributed by atoms with Crippen LogP contribution in [0.2, 0.25) is 0 Å². The Hall–Kier alpha value is 0. The van der Waals surface area contributed by atoms with Gasteiger partial charge in [0.05, 0.1) is 0 Å². The third kappa shape index (κ3) is 45.0. The lowest BCUT2D eigenvalue weighted by molar-refractivity contribution is 0.521. The molecule has 0 N–H and O–H groups in total. The van der Waals surface area contributed by atoms with Crippen molar-refractivity contribution in [3.05, 3.63) is 0 Å². The summed E-state index contributed by atoms with van der Waals surface area (Å²) in [5, 5.41) is 0. The summed E-state index contributed by atoms with van der Waals surface area (Å²) >= 11 is 0. The highest BCUT2D eigenvalue weighted by Crippen LogP contribution is 2.15. The summed E-state index contributed by atoms with van der Waals surface area (Å²) in [6, 6.07) is 0. The summed E-state index contributed by atoms with van der Waals surface area (Å²) in [5.74, 6) is 0. The molecule has 0 aliphatic carbocycles. The average molecular weight is 565 g/mol. The lowest BCUT2D eigenvalue weighted by Crippen LogP contribution is -1.84. The van der Waals surface area contributed by atoms with Gasteiger partial charge in [-0.2, -0.15) is 0 Å². The molecule has 0 atom stereocenters. The number of hydrogen-bond donors (Lipinski definition) is 0. The van der Waals surface area contributed by atoms with Crippen molar-refractivity contribution in [3.63, 3.8) is 0 Å². The second-order valence-corrected chi connectivity index (χ2v) is 13.3. The van der Waals surface area contributed by atoms with Gasteiger partial charge in [0.25, 0.3) is 0 Å². The SMILES string of the molecule is CCCCCCCCCCCCCCCCC.CCCCCCCCCCCCCCCCCCCCCCC. The summed E-state index contributed by atoms with van der Waals surface area (Å²) < 4.78 is 0. The molecular weight excluding hydrogens is 480 g/mol. The highest BCUT2D eigenvalue weighted by atomic mass is 14.0. The van der Waals surface area contributed by atoms with Crippen molar-refractivity contribution < 1.29 is 0 Å². The zero-order valence-corrected chi connectivity index (χ0v) is 29.5. The zero-order valence-electron chi connectivity index (χ0n) is 29.5. The molecule has 0 saturated heterocycles. The molecule has 0 rings (SSSR count). The van der Waals surface area contributed by atoms with Crippen LogP contribution < -0.4 is 0 Å². The molecule has 0 fully saturated rings. The number of rotatable bonds is 34. The van der Waals surface area contributed by atoms with Crippen molar-refractivity contribution in [1.29, 1.82) is 0 Å². The van der Waals surface area contributed by atoms with E-state index in [0.29, 0.717) is 0 Å². The topological polar surface area (TPSA) is 0 Å². The second-order valence-electron chi connectivity index (χ2n) is 13.3. The van der Waals surface area contributed by atoms with E-state index in [0.717, 1.165) is 0 Å². The molecule has 0 aliphatic rings. The van der Waals surface area contributed by atoms with Gasteiger partial charge < -0.3 is 0 Å². The van der Waals surface area contributed by atoms with Crippen LogP contribution in [-0.4, -0.2) is 0 Å². The molecule has 244 valence electrons. The highest BCUT2D eigenvalue weighted by molar-refractivity contribution is 4.51. The monoisotopic (exact) mass is 565 g/mol. The predicted molar refractivity (Wildman–Crippen MR) is 189 cm³/mol. The Morgan fingerprint density at radius 1 is 0.125 bits per heavy atom. The van der Waals surface area contributed by atoms with Gasteiger partial charge in [-0.3, -0.25) is 0 Å². The fourth-order valence-corrected chi connectivity index (χ4v) is 5.95. The first-order valence-electron chi connectivity index (χ1n) is 19.8. The fraction of sp³-hybridized carbons (Fsp3) is 1.00. The van der Waals surface area contributed by atoms with Gasteiger partial charge in [0, 0.05) is 0 Å².